The molecule has 20 heavy (non-hydrogen) atoms. The van der Waals surface area contributed by atoms with Crippen molar-refractivity contribution in [1.82, 2.24) is 5.32 Å². The zero-order chi connectivity index (χ0) is 15.0. The average Bonchev–Trinajstić information content (AvgIpc) is 2.85. The molecule has 0 aliphatic carbocycles. The maximum atomic E-state index is 11.9. The molecule has 0 fully saturated rings. The number of hydrogen-bond donors (Lipinski definition) is 2. The van der Waals surface area contributed by atoms with Gasteiger partial charge in [0.15, 0.2) is 5.76 Å². The third-order valence-corrected chi connectivity index (χ3v) is 3.18. The molecule has 1 amide bonds. The second kappa shape index (κ2) is 8.40. The van der Waals surface area contributed by atoms with E-state index in [2.05, 4.69) is 5.32 Å². The van der Waals surface area contributed by atoms with Crippen LogP contribution in [-0.2, 0) is 17.6 Å². The molecule has 0 atom stereocenters. The van der Waals surface area contributed by atoms with Crippen LogP contribution < -0.4 is 5.32 Å². The van der Waals surface area contributed by atoms with Crippen molar-refractivity contribution in [3.05, 3.63) is 23.2 Å². The van der Waals surface area contributed by atoms with Crippen LogP contribution in [0.15, 0.2) is 10.5 Å². The van der Waals surface area contributed by atoms with E-state index in [4.69, 9.17) is 9.52 Å². The Kier molecular flexibility index (Phi) is 6.84. The van der Waals surface area contributed by atoms with Crippen molar-refractivity contribution < 1.29 is 19.1 Å². The van der Waals surface area contributed by atoms with Gasteiger partial charge in [-0.3, -0.25) is 9.59 Å². The van der Waals surface area contributed by atoms with Gasteiger partial charge in [0.25, 0.3) is 5.91 Å². The number of rotatable bonds is 9. The summed E-state index contributed by atoms with van der Waals surface area (Å²) in [4.78, 5) is 22.2. The Labute approximate surface area is 119 Å². The normalized spacial score (nSPS) is 10.5. The Morgan fingerprint density at radius 1 is 1.20 bits per heavy atom. The number of carboxylic acids is 1. The van der Waals surface area contributed by atoms with Crippen LogP contribution in [0, 0.1) is 0 Å². The lowest BCUT2D eigenvalue weighted by atomic mass is 10.1. The van der Waals surface area contributed by atoms with Crippen LogP contribution in [0.2, 0.25) is 0 Å². The number of aliphatic carboxylic acids is 1. The van der Waals surface area contributed by atoms with Gasteiger partial charge in [-0.15, -0.1) is 0 Å². The fourth-order valence-electron chi connectivity index (χ4n) is 2.04. The molecular formula is C15H23NO4. The topological polar surface area (TPSA) is 79.5 Å². The SMILES string of the molecule is CCc1cc(C(=O)NCCCCCC(=O)O)oc1CC. The summed E-state index contributed by atoms with van der Waals surface area (Å²) >= 11 is 0. The van der Waals surface area contributed by atoms with E-state index in [1.165, 1.54) is 0 Å². The van der Waals surface area contributed by atoms with Crippen LogP contribution in [0.3, 0.4) is 0 Å². The smallest absolute Gasteiger partial charge is 0.303 e. The number of nitrogens with one attached hydrogen (secondary N) is 1. The van der Waals surface area contributed by atoms with Crippen molar-refractivity contribution in [2.24, 2.45) is 0 Å². The molecule has 0 radical (unpaired) electrons. The van der Waals surface area contributed by atoms with Crippen LogP contribution in [0.5, 0.6) is 0 Å². The van der Waals surface area contributed by atoms with Crippen LogP contribution >= 0.6 is 0 Å². The summed E-state index contributed by atoms with van der Waals surface area (Å²) in [7, 11) is 0. The molecule has 5 nitrogen and oxygen atoms in total. The number of unbranched alkanes of at least 4 members (excludes halogenated alkanes) is 2. The highest BCUT2D eigenvalue weighted by Gasteiger charge is 2.14. The predicted octanol–water partition coefficient (Wildman–Crippen LogP) is 2.78. The fraction of sp³-hybridized carbons (Fsp3) is 0.600. The van der Waals surface area contributed by atoms with Gasteiger partial charge >= 0.3 is 5.97 Å². The van der Waals surface area contributed by atoms with Crippen molar-refractivity contribution >= 4 is 11.9 Å². The molecular weight excluding hydrogens is 258 g/mol. The molecule has 1 rings (SSSR count). The molecule has 5 heteroatoms. The van der Waals surface area contributed by atoms with Gasteiger partial charge in [-0.05, 0) is 30.9 Å². The summed E-state index contributed by atoms with van der Waals surface area (Å²) in [5.74, 6) is 0.268. The Hall–Kier alpha value is -1.78. The minimum atomic E-state index is -0.774. The van der Waals surface area contributed by atoms with Crippen LogP contribution in [0.25, 0.3) is 0 Å². The third kappa shape index (κ3) is 5.07. The Morgan fingerprint density at radius 2 is 1.95 bits per heavy atom. The highest BCUT2D eigenvalue weighted by molar-refractivity contribution is 5.91. The number of aryl methyl sites for hydroxylation is 2. The molecule has 112 valence electrons. The van der Waals surface area contributed by atoms with E-state index in [0.717, 1.165) is 37.0 Å². The number of carbonyl (C=O) groups is 2. The van der Waals surface area contributed by atoms with Crippen LogP contribution in [0.1, 0.15) is 61.4 Å². The van der Waals surface area contributed by atoms with Gasteiger partial charge in [0.05, 0.1) is 0 Å². The number of hydrogen-bond acceptors (Lipinski definition) is 3. The molecule has 0 unspecified atom stereocenters. The maximum absolute atomic E-state index is 11.9. The first-order valence-corrected chi connectivity index (χ1v) is 7.20. The molecule has 1 aromatic heterocycles. The van der Waals surface area contributed by atoms with E-state index >= 15 is 0 Å². The minimum absolute atomic E-state index is 0.186. The molecule has 1 heterocycles. The van der Waals surface area contributed by atoms with Gasteiger partial charge in [-0.2, -0.15) is 0 Å². The predicted molar refractivity (Wildman–Crippen MR) is 75.9 cm³/mol. The number of carboxylic acid groups (broad SMARTS) is 1. The van der Waals surface area contributed by atoms with Gasteiger partial charge in [0.1, 0.15) is 5.76 Å². The van der Waals surface area contributed by atoms with Gasteiger partial charge in [0.2, 0.25) is 0 Å². The van der Waals surface area contributed by atoms with E-state index in [1.807, 2.05) is 13.8 Å². The van der Waals surface area contributed by atoms with Crippen LogP contribution in [-0.4, -0.2) is 23.5 Å². The van der Waals surface area contributed by atoms with Crippen molar-refractivity contribution in [3.8, 4) is 0 Å². The van der Waals surface area contributed by atoms with Gasteiger partial charge in [-0.25, -0.2) is 0 Å². The molecule has 0 aliphatic rings. The fourth-order valence-corrected chi connectivity index (χ4v) is 2.04. The van der Waals surface area contributed by atoms with Gasteiger partial charge in [0, 0.05) is 19.4 Å². The highest BCUT2D eigenvalue weighted by Crippen LogP contribution is 2.16. The monoisotopic (exact) mass is 281 g/mol. The summed E-state index contributed by atoms with van der Waals surface area (Å²) in [5.41, 5.74) is 1.08. The number of amides is 1. The summed E-state index contributed by atoms with van der Waals surface area (Å²) < 4.78 is 5.54. The van der Waals surface area contributed by atoms with Gasteiger partial charge in [-0.1, -0.05) is 20.3 Å². The number of carbonyl (C=O) groups excluding carboxylic acids is 1. The second-order valence-electron chi connectivity index (χ2n) is 4.73. The number of furan rings is 1. The summed E-state index contributed by atoms with van der Waals surface area (Å²) in [6, 6.07) is 1.80. The van der Waals surface area contributed by atoms with Crippen molar-refractivity contribution in [2.75, 3.05) is 6.54 Å². The quantitative estimate of drug-likeness (QED) is 0.682. The molecule has 0 bridgehead atoms. The van der Waals surface area contributed by atoms with Crippen LogP contribution in [0.4, 0.5) is 0 Å². The Balaban J connectivity index is 2.32. The lowest BCUT2D eigenvalue weighted by Gasteiger charge is -2.02. The first-order chi connectivity index (χ1) is 9.58. The largest absolute Gasteiger partial charge is 0.481 e. The van der Waals surface area contributed by atoms with Crippen molar-refractivity contribution in [2.45, 2.75) is 52.4 Å². The molecule has 0 aliphatic heterocycles. The third-order valence-electron chi connectivity index (χ3n) is 3.18. The van der Waals surface area contributed by atoms with E-state index in [-0.39, 0.29) is 12.3 Å². The summed E-state index contributed by atoms with van der Waals surface area (Å²) in [6.45, 7) is 4.58. The molecule has 2 N–H and O–H groups in total. The average molecular weight is 281 g/mol. The lowest BCUT2D eigenvalue weighted by Crippen LogP contribution is -2.23. The zero-order valence-electron chi connectivity index (χ0n) is 12.2. The van der Waals surface area contributed by atoms with Crippen molar-refractivity contribution in [3.63, 3.8) is 0 Å². The molecule has 1 aromatic rings. The zero-order valence-corrected chi connectivity index (χ0v) is 12.2. The van der Waals surface area contributed by atoms with E-state index < -0.39 is 5.97 Å². The first-order valence-electron chi connectivity index (χ1n) is 7.20. The Bertz CT molecular complexity index is 429. The molecule has 0 saturated heterocycles. The van der Waals surface area contributed by atoms with E-state index in [1.54, 1.807) is 6.07 Å². The highest BCUT2D eigenvalue weighted by atomic mass is 16.4. The first kappa shape index (κ1) is 16.3. The summed E-state index contributed by atoms with van der Waals surface area (Å²) in [5, 5.41) is 11.3. The summed E-state index contributed by atoms with van der Waals surface area (Å²) in [6.07, 6.45) is 4.05. The van der Waals surface area contributed by atoms with Crippen molar-refractivity contribution in [1.29, 1.82) is 0 Å². The van der Waals surface area contributed by atoms with E-state index in [0.29, 0.717) is 18.7 Å². The Morgan fingerprint density at radius 3 is 2.50 bits per heavy atom. The van der Waals surface area contributed by atoms with Gasteiger partial charge < -0.3 is 14.8 Å². The molecule has 0 saturated carbocycles. The molecule has 0 spiro atoms. The maximum Gasteiger partial charge on any atom is 0.303 e. The van der Waals surface area contributed by atoms with E-state index in [9.17, 15) is 9.59 Å². The standard InChI is InChI=1S/C15H23NO4/c1-3-11-10-13(20-12(11)4-2)15(19)16-9-7-5-6-8-14(17)18/h10H,3-9H2,1-2H3,(H,16,19)(H,17,18). The molecule has 0 aromatic carbocycles. The minimum Gasteiger partial charge on any atom is -0.481 e. The lowest BCUT2D eigenvalue weighted by molar-refractivity contribution is -0.137. The second-order valence-corrected chi connectivity index (χ2v) is 4.73.